The number of likely N-dealkylation sites (N-methyl/N-ethyl adjacent to an activating group) is 1. The van der Waals surface area contributed by atoms with Crippen molar-refractivity contribution >= 4 is 5.97 Å². The molecule has 1 fully saturated rings. The smallest absolute Gasteiger partial charge is 0.307 e. The molecule has 1 aromatic carbocycles. The molecule has 0 saturated carbocycles. The molecule has 104 valence electrons. The minimum absolute atomic E-state index is 0.103. The van der Waals surface area contributed by atoms with E-state index in [2.05, 4.69) is 23.8 Å². The van der Waals surface area contributed by atoms with Crippen LogP contribution in [0.3, 0.4) is 0 Å². The van der Waals surface area contributed by atoms with Crippen LogP contribution in [-0.2, 0) is 17.8 Å². The molecule has 1 heterocycles. The van der Waals surface area contributed by atoms with Crippen molar-refractivity contribution in [3.05, 3.63) is 35.4 Å². The van der Waals surface area contributed by atoms with Crippen molar-refractivity contribution in [1.29, 1.82) is 0 Å². The molecular weight excluding hydrogens is 240 g/mol. The lowest BCUT2D eigenvalue weighted by Gasteiger charge is -2.37. The Morgan fingerprint density at radius 3 is 2.47 bits per heavy atom. The molecule has 2 rings (SSSR count). The zero-order valence-electron chi connectivity index (χ0n) is 11.7. The molecule has 0 aromatic heterocycles. The van der Waals surface area contributed by atoms with Gasteiger partial charge in [-0.15, -0.1) is 0 Å². The topological polar surface area (TPSA) is 43.8 Å². The Kier molecular flexibility index (Phi) is 4.56. The number of carboxylic acids is 1. The lowest BCUT2D eigenvalue weighted by Crippen LogP contribution is -2.49. The van der Waals surface area contributed by atoms with Crippen molar-refractivity contribution in [3.8, 4) is 0 Å². The molecule has 0 spiro atoms. The first kappa shape index (κ1) is 14.0. The van der Waals surface area contributed by atoms with Gasteiger partial charge in [0.15, 0.2) is 0 Å². The largest absolute Gasteiger partial charge is 0.481 e. The van der Waals surface area contributed by atoms with Gasteiger partial charge in [0.1, 0.15) is 0 Å². The SMILES string of the molecule is CC1CN(Cc2ccc(CC(=O)O)cc2)CCN1C. The van der Waals surface area contributed by atoms with Crippen molar-refractivity contribution in [1.82, 2.24) is 9.80 Å². The van der Waals surface area contributed by atoms with Crippen molar-refractivity contribution in [3.63, 3.8) is 0 Å². The molecule has 1 aromatic rings. The third-order valence-electron chi connectivity index (χ3n) is 3.83. The van der Waals surface area contributed by atoms with Gasteiger partial charge in [0.25, 0.3) is 0 Å². The van der Waals surface area contributed by atoms with Gasteiger partial charge in [-0.05, 0) is 25.1 Å². The van der Waals surface area contributed by atoms with Crippen molar-refractivity contribution in [2.75, 3.05) is 26.7 Å². The van der Waals surface area contributed by atoms with Crippen LogP contribution in [0, 0.1) is 0 Å². The van der Waals surface area contributed by atoms with Gasteiger partial charge < -0.3 is 10.0 Å². The Balaban J connectivity index is 1.91. The van der Waals surface area contributed by atoms with E-state index in [1.165, 1.54) is 5.56 Å². The fraction of sp³-hybridized carbons (Fsp3) is 0.533. The van der Waals surface area contributed by atoms with Crippen LogP contribution < -0.4 is 0 Å². The summed E-state index contributed by atoms with van der Waals surface area (Å²) in [6, 6.07) is 8.52. The Morgan fingerprint density at radius 2 is 1.89 bits per heavy atom. The summed E-state index contributed by atoms with van der Waals surface area (Å²) in [5.74, 6) is -0.777. The summed E-state index contributed by atoms with van der Waals surface area (Å²) in [5.41, 5.74) is 2.12. The standard InChI is InChI=1S/C15H22N2O2/c1-12-10-17(8-7-16(12)2)11-14-5-3-13(4-6-14)9-15(18)19/h3-6,12H,7-11H2,1-2H3,(H,18,19). The highest BCUT2D eigenvalue weighted by atomic mass is 16.4. The minimum atomic E-state index is -0.777. The summed E-state index contributed by atoms with van der Waals surface area (Å²) in [4.78, 5) is 15.5. The van der Waals surface area contributed by atoms with Crippen LogP contribution in [0.1, 0.15) is 18.1 Å². The normalized spacial score (nSPS) is 21.5. The van der Waals surface area contributed by atoms with E-state index >= 15 is 0 Å². The molecule has 19 heavy (non-hydrogen) atoms. The number of hydrogen-bond donors (Lipinski definition) is 1. The molecule has 1 atom stereocenters. The Hall–Kier alpha value is -1.39. The van der Waals surface area contributed by atoms with E-state index in [0.29, 0.717) is 6.04 Å². The van der Waals surface area contributed by atoms with Crippen LogP contribution in [0.4, 0.5) is 0 Å². The van der Waals surface area contributed by atoms with Gasteiger partial charge in [0, 0.05) is 32.2 Å². The second-order valence-corrected chi connectivity index (χ2v) is 5.45. The van der Waals surface area contributed by atoms with E-state index in [1.807, 2.05) is 24.3 Å². The molecule has 0 bridgehead atoms. The predicted octanol–water partition coefficient (Wildman–Crippen LogP) is 1.45. The second-order valence-electron chi connectivity index (χ2n) is 5.45. The maximum atomic E-state index is 10.6. The second kappa shape index (κ2) is 6.17. The van der Waals surface area contributed by atoms with Crippen LogP contribution in [0.25, 0.3) is 0 Å². The summed E-state index contributed by atoms with van der Waals surface area (Å²) >= 11 is 0. The fourth-order valence-corrected chi connectivity index (χ4v) is 2.46. The van der Waals surface area contributed by atoms with Gasteiger partial charge in [-0.3, -0.25) is 9.69 Å². The maximum absolute atomic E-state index is 10.6. The molecule has 0 radical (unpaired) electrons. The summed E-state index contributed by atoms with van der Waals surface area (Å²) < 4.78 is 0. The Bertz CT molecular complexity index is 430. The highest BCUT2D eigenvalue weighted by molar-refractivity contribution is 5.70. The number of piperazine rings is 1. The molecule has 1 N–H and O–H groups in total. The zero-order valence-corrected chi connectivity index (χ0v) is 11.7. The van der Waals surface area contributed by atoms with Gasteiger partial charge in [0.2, 0.25) is 0 Å². The highest BCUT2D eigenvalue weighted by Crippen LogP contribution is 2.12. The van der Waals surface area contributed by atoms with Gasteiger partial charge in [-0.25, -0.2) is 0 Å². The van der Waals surface area contributed by atoms with Crippen LogP contribution in [0.15, 0.2) is 24.3 Å². The van der Waals surface area contributed by atoms with E-state index < -0.39 is 5.97 Å². The van der Waals surface area contributed by atoms with E-state index in [4.69, 9.17) is 5.11 Å². The molecule has 0 aliphatic carbocycles. The number of nitrogens with zero attached hydrogens (tertiary/aromatic N) is 2. The molecule has 1 saturated heterocycles. The lowest BCUT2D eigenvalue weighted by molar-refractivity contribution is -0.136. The molecule has 1 aliphatic rings. The molecule has 4 nitrogen and oxygen atoms in total. The van der Waals surface area contributed by atoms with E-state index in [0.717, 1.165) is 31.7 Å². The lowest BCUT2D eigenvalue weighted by atomic mass is 10.1. The quantitative estimate of drug-likeness (QED) is 0.892. The summed E-state index contributed by atoms with van der Waals surface area (Å²) in [7, 11) is 2.17. The van der Waals surface area contributed by atoms with Gasteiger partial charge in [-0.2, -0.15) is 0 Å². The third kappa shape index (κ3) is 4.04. The summed E-state index contributed by atoms with van der Waals surface area (Å²) in [6.07, 6.45) is 0.103. The number of carboxylic acid groups (broad SMARTS) is 1. The third-order valence-corrected chi connectivity index (χ3v) is 3.83. The van der Waals surface area contributed by atoms with E-state index in [1.54, 1.807) is 0 Å². The van der Waals surface area contributed by atoms with E-state index in [9.17, 15) is 4.79 Å². The Labute approximate surface area is 114 Å². The van der Waals surface area contributed by atoms with Crippen LogP contribution in [0.5, 0.6) is 0 Å². The number of hydrogen-bond acceptors (Lipinski definition) is 3. The first-order valence-corrected chi connectivity index (χ1v) is 6.77. The van der Waals surface area contributed by atoms with Gasteiger partial charge in [0.05, 0.1) is 6.42 Å². The number of carbonyl (C=O) groups is 1. The molecule has 0 amide bonds. The van der Waals surface area contributed by atoms with Crippen LogP contribution in [-0.4, -0.2) is 53.6 Å². The number of rotatable bonds is 4. The van der Waals surface area contributed by atoms with Crippen molar-refractivity contribution in [2.24, 2.45) is 0 Å². The zero-order chi connectivity index (χ0) is 13.8. The molecule has 4 heteroatoms. The average Bonchev–Trinajstić information content (AvgIpc) is 2.36. The maximum Gasteiger partial charge on any atom is 0.307 e. The highest BCUT2D eigenvalue weighted by Gasteiger charge is 2.20. The summed E-state index contributed by atoms with van der Waals surface area (Å²) in [5, 5.41) is 8.74. The van der Waals surface area contributed by atoms with Crippen molar-refractivity contribution in [2.45, 2.75) is 25.9 Å². The average molecular weight is 262 g/mol. The predicted molar refractivity (Wildman–Crippen MR) is 75.2 cm³/mol. The molecular formula is C15H22N2O2. The van der Waals surface area contributed by atoms with Gasteiger partial charge in [-0.1, -0.05) is 24.3 Å². The minimum Gasteiger partial charge on any atom is -0.481 e. The monoisotopic (exact) mass is 262 g/mol. The first-order chi connectivity index (χ1) is 9.04. The first-order valence-electron chi connectivity index (χ1n) is 6.77. The summed E-state index contributed by atoms with van der Waals surface area (Å²) in [6.45, 7) is 6.50. The molecule has 1 unspecified atom stereocenters. The number of aliphatic carboxylic acids is 1. The number of benzene rings is 1. The fourth-order valence-electron chi connectivity index (χ4n) is 2.46. The van der Waals surface area contributed by atoms with E-state index in [-0.39, 0.29) is 6.42 Å². The Morgan fingerprint density at radius 1 is 1.26 bits per heavy atom. The molecule has 1 aliphatic heterocycles. The van der Waals surface area contributed by atoms with Gasteiger partial charge >= 0.3 is 5.97 Å². The van der Waals surface area contributed by atoms with Crippen molar-refractivity contribution < 1.29 is 9.90 Å². The van der Waals surface area contributed by atoms with Crippen LogP contribution in [0.2, 0.25) is 0 Å². The van der Waals surface area contributed by atoms with Crippen LogP contribution >= 0.6 is 0 Å².